The molecule has 16 heavy (non-hydrogen) atoms. The molecule has 1 aromatic carbocycles. The standard InChI is InChI=1S/C12H10ClFN2/c13-11-5-8(1-2-9(11)6-15)10-3-4-16-7-12(10)14/h1-5,7H,6,15H2. The molecule has 82 valence electrons. The van der Waals surface area contributed by atoms with Crippen molar-refractivity contribution in [3.63, 3.8) is 0 Å². The lowest BCUT2D eigenvalue weighted by Gasteiger charge is -2.06. The number of halogens is 2. The Balaban J connectivity index is 2.50. The van der Waals surface area contributed by atoms with Crippen molar-refractivity contribution in [1.82, 2.24) is 4.98 Å². The lowest BCUT2D eigenvalue weighted by Crippen LogP contribution is -1.97. The van der Waals surface area contributed by atoms with E-state index in [4.69, 9.17) is 17.3 Å². The Bertz CT molecular complexity index is 514. The van der Waals surface area contributed by atoms with Gasteiger partial charge in [-0.2, -0.15) is 0 Å². The number of aromatic nitrogens is 1. The van der Waals surface area contributed by atoms with Crippen molar-refractivity contribution in [3.8, 4) is 11.1 Å². The van der Waals surface area contributed by atoms with Crippen molar-refractivity contribution in [2.75, 3.05) is 0 Å². The van der Waals surface area contributed by atoms with Crippen LogP contribution in [0.1, 0.15) is 5.56 Å². The molecule has 0 aliphatic carbocycles. The van der Waals surface area contributed by atoms with Gasteiger partial charge >= 0.3 is 0 Å². The molecule has 2 nitrogen and oxygen atoms in total. The van der Waals surface area contributed by atoms with E-state index in [9.17, 15) is 4.39 Å². The summed E-state index contributed by atoms with van der Waals surface area (Å²) in [6, 6.07) is 6.93. The fourth-order valence-corrected chi connectivity index (χ4v) is 1.75. The lowest BCUT2D eigenvalue weighted by atomic mass is 10.0. The Morgan fingerprint density at radius 2 is 2.12 bits per heavy atom. The van der Waals surface area contributed by atoms with Gasteiger partial charge in [0.1, 0.15) is 5.82 Å². The second-order valence-electron chi connectivity index (χ2n) is 3.37. The van der Waals surface area contributed by atoms with Crippen LogP contribution in [0.4, 0.5) is 4.39 Å². The van der Waals surface area contributed by atoms with Crippen molar-refractivity contribution >= 4 is 11.6 Å². The van der Waals surface area contributed by atoms with Crippen LogP contribution >= 0.6 is 11.6 Å². The first-order valence-electron chi connectivity index (χ1n) is 4.80. The molecule has 0 spiro atoms. The van der Waals surface area contributed by atoms with Crippen molar-refractivity contribution in [2.45, 2.75) is 6.54 Å². The van der Waals surface area contributed by atoms with E-state index in [0.717, 1.165) is 11.1 Å². The fourth-order valence-electron chi connectivity index (χ4n) is 1.49. The summed E-state index contributed by atoms with van der Waals surface area (Å²) in [6.07, 6.45) is 2.73. The second kappa shape index (κ2) is 4.60. The molecule has 4 heteroatoms. The van der Waals surface area contributed by atoms with E-state index in [0.29, 0.717) is 17.1 Å². The van der Waals surface area contributed by atoms with Crippen molar-refractivity contribution < 1.29 is 4.39 Å². The van der Waals surface area contributed by atoms with Crippen molar-refractivity contribution in [1.29, 1.82) is 0 Å². The molecule has 2 rings (SSSR count). The van der Waals surface area contributed by atoms with Crippen LogP contribution in [0.15, 0.2) is 36.7 Å². The highest BCUT2D eigenvalue weighted by atomic mass is 35.5. The predicted octanol–water partition coefficient (Wildman–Crippen LogP) is 3.00. The minimum absolute atomic E-state index is 0.362. The van der Waals surface area contributed by atoms with Gasteiger partial charge < -0.3 is 5.73 Å². The first-order valence-corrected chi connectivity index (χ1v) is 5.18. The van der Waals surface area contributed by atoms with Crippen molar-refractivity contribution in [3.05, 3.63) is 53.1 Å². The Morgan fingerprint density at radius 3 is 2.75 bits per heavy atom. The SMILES string of the molecule is NCc1ccc(-c2ccncc2F)cc1Cl. The lowest BCUT2D eigenvalue weighted by molar-refractivity contribution is 0.625. The zero-order valence-electron chi connectivity index (χ0n) is 8.45. The van der Waals surface area contributed by atoms with Crippen LogP contribution in [0.3, 0.4) is 0 Å². The molecule has 2 N–H and O–H groups in total. The van der Waals surface area contributed by atoms with Gasteiger partial charge in [0.05, 0.1) is 6.20 Å². The molecule has 0 unspecified atom stereocenters. The maximum absolute atomic E-state index is 13.5. The van der Waals surface area contributed by atoms with Crippen LogP contribution in [-0.2, 0) is 6.54 Å². The Morgan fingerprint density at radius 1 is 1.31 bits per heavy atom. The minimum Gasteiger partial charge on any atom is -0.326 e. The number of hydrogen-bond donors (Lipinski definition) is 1. The van der Waals surface area contributed by atoms with Crippen LogP contribution in [0.25, 0.3) is 11.1 Å². The number of benzene rings is 1. The molecular formula is C12H10ClFN2. The molecule has 0 atom stereocenters. The molecule has 0 radical (unpaired) electrons. The summed E-state index contributed by atoms with van der Waals surface area (Å²) < 4.78 is 13.5. The molecule has 0 aliphatic heterocycles. The topological polar surface area (TPSA) is 38.9 Å². The summed E-state index contributed by atoms with van der Waals surface area (Å²) in [4.78, 5) is 3.70. The third kappa shape index (κ3) is 2.05. The zero-order chi connectivity index (χ0) is 11.5. The highest BCUT2D eigenvalue weighted by molar-refractivity contribution is 6.31. The number of nitrogens with zero attached hydrogens (tertiary/aromatic N) is 1. The van der Waals surface area contributed by atoms with Crippen LogP contribution in [0.2, 0.25) is 5.02 Å². The number of nitrogens with two attached hydrogens (primary N) is 1. The largest absolute Gasteiger partial charge is 0.326 e. The maximum atomic E-state index is 13.5. The molecule has 1 aromatic heterocycles. The van der Waals surface area contributed by atoms with Gasteiger partial charge in [-0.1, -0.05) is 23.7 Å². The average Bonchev–Trinajstić information content (AvgIpc) is 2.29. The summed E-state index contributed by atoms with van der Waals surface area (Å²) >= 11 is 6.01. The number of rotatable bonds is 2. The van der Waals surface area contributed by atoms with E-state index in [-0.39, 0.29) is 5.82 Å². The van der Waals surface area contributed by atoms with Crippen LogP contribution in [-0.4, -0.2) is 4.98 Å². The second-order valence-corrected chi connectivity index (χ2v) is 3.77. The van der Waals surface area contributed by atoms with Gasteiger partial charge in [-0.05, 0) is 23.3 Å². The Kier molecular flexibility index (Phi) is 3.17. The molecule has 2 aromatic rings. The number of hydrogen-bond acceptors (Lipinski definition) is 2. The van der Waals surface area contributed by atoms with Gasteiger partial charge in [-0.25, -0.2) is 4.39 Å². The summed E-state index contributed by atoms with van der Waals surface area (Å²) in [7, 11) is 0. The molecule has 0 aliphatic rings. The molecule has 0 bridgehead atoms. The van der Waals surface area contributed by atoms with Gasteiger partial charge in [-0.15, -0.1) is 0 Å². The Labute approximate surface area is 97.9 Å². The van der Waals surface area contributed by atoms with E-state index >= 15 is 0 Å². The van der Waals surface area contributed by atoms with Crippen molar-refractivity contribution in [2.24, 2.45) is 5.73 Å². The molecule has 0 saturated heterocycles. The van der Waals surface area contributed by atoms with Gasteiger partial charge in [0.25, 0.3) is 0 Å². The minimum atomic E-state index is -0.362. The third-order valence-electron chi connectivity index (χ3n) is 2.36. The van der Waals surface area contributed by atoms with Crippen LogP contribution < -0.4 is 5.73 Å². The zero-order valence-corrected chi connectivity index (χ0v) is 9.21. The van der Waals surface area contributed by atoms with Gasteiger partial charge in [0.2, 0.25) is 0 Å². The summed E-state index contributed by atoms with van der Waals surface area (Å²) in [5.41, 5.74) is 7.56. The molecule has 0 fully saturated rings. The molecule has 1 heterocycles. The maximum Gasteiger partial charge on any atom is 0.149 e. The summed E-state index contributed by atoms with van der Waals surface area (Å²) in [5, 5.41) is 0.552. The highest BCUT2D eigenvalue weighted by Gasteiger charge is 2.06. The summed E-state index contributed by atoms with van der Waals surface area (Å²) in [6.45, 7) is 0.373. The monoisotopic (exact) mass is 236 g/mol. The third-order valence-corrected chi connectivity index (χ3v) is 2.71. The van der Waals surface area contributed by atoms with E-state index in [1.54, 1.807) is 30.5 Å². The van der Waals surface area contributed by atoms with Gasteiger partial charge in [-0.3, -0.25) is 4.98 Å². The van der Waals surface area contributed by atoms with Crippen LogP contribution in [0, 0.1) is 5.82 Å². The van der Waals surface area contributed by atoms with E-state index in [1.165, 1.54) is 6.20 Å². The van der Waals surface area contributed by atoms with Gasteiger partial charge in [0.15, 0.2) is 0 Å². The Hall–Kier alpha value is -1.45. The first kappa shape index (κ1) is 11.0. The number of pyridine rings is 1. The smallest absolute Gasteiger partial charge is 0.149 e. The molecule has 0 amide bonds. The molecule has 0 saturated carbocycles. The summed E-state index contributed by atoms with van der Waals surface area (Å²) in [5.74, 6) is -0.362. The highest BCUT2D eigenvalue weighted by Crippen LogP contribution is 2.26. The van der Waals surface area contributed by atoms with Gasteiger partial charge in [0, 0.05) is 23.3 Å². The molecular weight excluding hydrogens is 227 g/mol. The normalized spacial score (nSPS) is 10.4. The quantitative estimate of drug-likeness (QED) is 0.871. The predicted molar refractivity (Wildman–Crippen MR) is 62.5 cm³/mol. The average molecular weight is 237 g/mol. The fraction of sp³-hybridized carbons (Fsp3) is 0.0833. The first-order chi connectivity index (χ1) is 7.72. The van der Waals surface area contributed by atoms with E-state index in [2.05, 4.69) is 4.98 Å². The van der Waals surface area contributed by atoms with E-state index in [1.807, 2.05) is 0 Å². The van der Waals surface area contributed by atoms with E-state index < -0.39 is 0 Å². The van der Waals surface area contributed by atoms with Crippen LogP contribution in [0.5, 0.6) is 0 Å².